The van der Waals surface area contributed by atoms with Crippen molar-refractivity contribution < 1.29 is 14.3 Å². The van der Waals surface area contributed by atoms with Gasteiger partial charge in [0.25, 0.3) is 0 Å². The molecule has 1 atom stereocenters. The van der Waals surface area contributed by atoms with E-state index in [2.05, 4.69) is 0 Å². The van der Waals surface area contributed by atoms with Gasteiger partial charge in [-0.05, 0) is 49.3 Å². The molecule has 0 bridgehead atoms. The van der Waals surface area contributed by atoms with E-state index in [0.29, 0.717) is 13.1 Å². The van der Waals surface area contributed by atoms with Crippen molar-refractivity contribution in [1.82, 2.24) is 4.90 Å². The van der Waals surface area contributed by atoms with E-state index in [4.69, 9.17) is 5.73 Å². The highest BCUT2D eigenvalue weighted by molar-refractivity contribution is 5.86. The minimum absolute atomic E-state index is 0.0738. The van der Waals surface area contributed by atoms with Crippen LogP contribution in [-0.4, -0.2) is 34.5 Å². The molecule has 1 aliphatic carbocycles. The highest BCUT2D eigenvalue weighted by Gasteiger charge is 2.41. The maximum Gasteiger partial charge on any atom is 0.242 e. The zero-order valence-electron chi connectivity index (χ0n) is 13.4. The third kappa shape index (κ3) is 3.40. The molecular weight excluding hydrogens is 295 g/mol. The summed E-state index contributed by atoms with van der Waals surface area (Å²) < 4.78 is 13.0. The molecule has 1 aliphatic heterocycles. The molecule has 1 aromatic carbocycles. The molecule has 1 amide bonds. The van der Waals surface area contributed by atoms with Crippen LogP contribution < -0.4 is 5.73 Å². The summed E-state index contributed by atoms with van der Waals surface area (Å²) in [5.41, 5.74) is 6.33. The highest BCUT2D eigenvalue weighted by atomic mass is 19.1. The Labute approximate surface area is 136 Å². The number of benzene rings is 1. The van der Waals surface area contributed by atoms with Crippen molar-refractivity contribution in [2.45, 2.75) is 50.2 Å². The van der Waals surface area contributed by atoms with E-state index in [1.54, 1.807) is 12.1 Å². The van der Waals surface area contributed by atoms with E-state index in [-0.39, 0.29) is 17.6 Å². The van der Waals surface area contributed by atoms with Crippen molar-refractivity contribution in [2.24, 2.45) is 11.7 Å². The van der Waals surface area contributed by atoms with Gasteiger partial charge in [-0.25, -0.2) is 4.39 Å². The molecular formula is C18H25FN2O2. The van der Waals surface area contributed by atoms with Crippen molar-refractivity contribution in [3.05, 3.63) is 35.6 Å². The number of aliphatic hydroxyl groups is 1. The topological polar surface area (TPSA) is 66.6 Å². The molecule has 0 spiro atoms. The number of nitrogens with two attached hydrogens (primary N) is 1. The van der Waals surface area contributed by atoms with Gasteiger partial charge in [0, 0.05) is 13.1 Å². The van der Waals surface area contributed by atoms with Crippen molar-refractivity contribution in [3.8, 4) is 0 Å². The molecule has 1 heterocycles. The second-order valence-electron chi connectivity index (χ2n) is 6.99. The lowest BCUT2D eigenvalue weighted by Gasteiger charge is -2.38. The first-order chi connectivity index (χ1) is 11.0. The number of amides is 1. The number of hydrogen-bond donors (Lipinski definition) is 2. The Kier molecular flexibility index (Phi) is 4.69. The molecule has 3 rings (SSSR count). The van der Waals surface area contributed by atoms with E-state index in [9.17, 15) is 14.3 Å². The highest BCUT2D eigenvalue weighted by Crippen LogP contribution is 2.34. The standard InChI is InChI=1S/C18H25FN2O2/c19-15-5-3-13(4-6-15)16(22)14-7-11-21(12-8-14)17(23)18(20)9-1-2-10-18/h3-6,14,16,22H,1-2,7-12,20H2. The molecule has 1 aromatic rings. The monoisotopic (exact) mass is 320 g/mol. The van der Waals surface area contributed by atoms with Crippen LogP contribution in [0.1, 0.15) is 50.2 Å². The van der Waals surface area contributed by atoms with Gasteiger partial charge in [-0.1, -0.05) is 25.0 Å². The summed E-state index contributed by atoms with van der Waals surface area (Å²) in [5.74, 6) is -0.127. The van der Waals surface area contributed by atoms with E-state index >= 15 is 0 Å². The van der Waals surface area contributed by atoms with E-state index in [1.165, 1.54) is 12.1 Å². The van der Waals surface area contributed by atoms with E-state index in [0.717, 1.165) is 44.1 Å². The Bertz CT molecular complexity index is 547. The number of halogens is 1. The lowest BCUT2D eigenvalue weighted by atomic mass is 9.86. The molecule has 1 saturated carbocycles. The average Bonchev–Trinajstić information content (AvgIpc) is 3.02. The fourth-order valence-corrected chi connectivity index (χ4v) is 3.89. The van der Waals surface area contributed by atoms with Crippen LogP contribution in [0.15, 0.2) is 24.3 Å². The van der Waals surface area contributed by atoms with Crippen LogP contribution in [0, 0.1) is 11.7 Å². The van der Waals surface area contributed by atoms with Crippen molar-refractivity contribution in [2.75, 3.05) is 13.1 Å². The summed E-state index contributed by atoms with van der Waals surface area (Å²) in [6.07, 6.45) is 4.52. The first-order valence-electron chi connectivity index (χ1n) is 8.51. The summed E-state index contributed by atoms with van der Waals surface area (Å²) in [7, 11) is 0. The van der Waals surface area contributed by atoms with Crippen molar-refractivity contribution in [3.63, 3.8) is 0 Å². The maximum atomic E-state index is 13.0. The van der Waals surface area contributed by atoms with Gasteiger partial charge in [-0.15, -0.1) is 0 Å². The molecule has 3 N–H and O–H groups in total. The maximum absolute atomic E-state index is 13.0. The first kappa shape index (κ1) is 16.4. The van der Waals surface area contributed by atoms with Gasteiger partial charge in [0.15, 0.2) is 0 Å². The summed E-state index contributed by atoms with van der Waals surface area (Å²) in [5, 5.41) is 10.5. The largest absolute Gasteiger partial charge is 0.388 e. The number of nitrogens with zero attached hydrogens (tertiary/aromatic N) is 1. The zero-order chi connectivity index (χ0) is 16.4. The predicted molar refractivity (Wildman–Crippen MR) is 86.1 cm³/mol. The van der Waals surface area contributed by atoms with Gasteiger partial charge in [0.05, 0.1) is 11.6 Å². The van der Waals surface area contributed by atoms with Crippen molar-refractivity contribution in [1.29, 1.82) is 0 Å². The number of hydrogen-bond acceptors (Lipinski definition) is 3. The molecule has 1 saturated heterocycles. The Hall–Kier alpha value is -1.46. The number of rotatable bonds is 3. The minimum atomic E-state index is -0.664. The van der Waals surface area contributed by atoms with Gasteiger partial charge in [0.1, 0.15) is 5.82 Å². The lowest BCUT2D eigenvalue weighted by Crippen LogP contribution is -2.55. The fraction of sp³-hybridized carbons (Fsp3) is 0.611. The van der Waals surface area contributed by atoms with E-state index < -0.39 is 11.6 Å². The average molecular weight is 320 g/mol. The van der Waals surface area contributed by atoms with Gasteiger partial charge in [0.2, 0.25) is 5.91 Å². The molecule has 4 nitrogen and oxygen atoms in total. The number of piperidine rings is 1. The van der Waals surface area contributed by atoms with Crippen LogP contribution >= 0.6 is 0 Å². The predicted octanol–water partition coefficient (Wildman–Crippen LogP) is 2.37. The number of carbonyl (C=O) groups excluding carboxylic acids is 1. The smallest absolute Gasteiger partial charge is 0.242 e. The molecule has 0 radical (unpaired) electrons. The molecule has 23 heavy (non-hydrogen) atoms. The van der Waals surface area contributed by atoms with Gasteiger partial charge in [-0.2, -0.15) is 0 Å². The first-order valence-corrected chi connectivity index (χ1v) is 8.51. The van der Waals surface area contributed by atoms with Gasteiger partial charge < -0.3 is 15.7 Å². The summed E-state index contributed by atoms with van der Waals surface area (Å²) >= 11 is 0. The van der Waals surface area contributed by atoms with Gasteiger partial charge in [-0.3, -0.25) is 4.79 Å². The molecule has 1 unspecified atom stereocenters. The second-order valence-corrected chi connectivity index (χ2v) is 6.99. The van der Waals surface area contributed by atoms with Crippen LogP contribution in [0.3, 0.4) is 0 Å². The lowest BCUT2D eigenvalue weighted by molar-refractivity contribution is -0.138. The van der Waals surface area contributed by atoms with E-state index in [1.807, 2.05) is 4.90 Å². The molecule has 2 aliphatic rings. The fourth-order valence-electron chi connectivity index (χ4n) is 3.89. The van der Waals surface area contributed by atoms with Crippen LogP contribution in [0.5, 0.6) is 0 Å². The van der Waals surface area contributed by atoms with Crippen LogP contribution in [0.2, 0.25) is 0 Å². The SMILES string of the molecule is NC1(C(=O)N2CCC(C(O)c3ccc(F)cc3)CC2)CCCC1. The quantitative estimate of drug-likeness (QED) is 0.898. The number of likely N-dealkylation sites (tertiary alicyclic amines) is 1. The summed E-state index contributed by atoms with van der Waals surface area (Å²) in [4.78, 5) is 14.5. The molecule has 126 valence electrons. The number of carbonyl (C=O) groups is 1. The second kappa shape index (κ2) is 6.57. The van der Waals surface area contributed by atoms with Crippen LogP contribution in [-0.2, 0) is 4.79 Å². The Morgan fingerprint density at radius 3 is 2.35 bits per heavy atom. The normalized spacial score (nSPS) is 23.0. The summed E-state index contributed by atoms with van der Waals surface area (Å²) in [6.45, 7) is 1.28. The van der Waals surface area contributed by atoms with Gasteiger partial charge >= 0.3 is 0 Å². The zero-order valence-corrected chi connectivity index (χ0v) is 13.4. The molecule has 0 aromatic heterocycles. The Morgan fingerprint density at radius 2 is 1.78 bits per heavy atom. The number of aliphatic hydroxyl groups excluding tert-OH is 1. The minimum Gasteiger partial charge on any atom is -0.388 e. The Morgan fingerprint density at radius 1 is 1.22 bits per heavy atom. The van der Waals surface area contributed by atoms with Crippen molar-refractivity contribution >= 4 is 5.91 Å². The third-order valence-corrected chi connectivity index (χ3v) is 5.41. The summed E-state index contributed by atoms with van der Waals surface area (Å²) in [6, 6.07) is 6.00. The third-order valence-electron chi connectivity index (χ3n) is 5.41. The van der Waals surface area contributed by atoms with Crippen LogP contribution in [0.4, 0.5) is 4.39 Å². The van der Waals surface area contributed by atoms with Crippen LogP contribution in [0.25, 0.3) is 0 Å². The molecule has 2 fully saturated rings. The Balaban J connectivity index is 1.57. The molecule has 5 heteroatoms.